The van der Waals surface area contributed by atoms with Crippen molar-refractivity contribution in [2.75, 3.05) is 26.2 Å². The third kappa shape index (κ3) is 4.04. The number of carbonyl (C=O) groups is 1. The predicted molar refractivity (Wildman–Crippen MR) is 114 cm³/mol. The van der Waals surface area contributed by atoms with Gasteiger partial charge in [-0.1, -0.05) is 19.0 Å². The molecular weight excluding hydrogens is 424 g/mol. The first-order valence-electron chi connectivity index (χ1n) is 10.5. The van der Waals surface area contributed by atoms with Gasteiger partial charge in [0.05, 0.1) is 9.77 Å². The highest BCUT2D eigenvalue weighted by molar-refractivity contribution is 7.89. The highest BCUT2D eigenvalue weighted by Gasteiger charge is 2.35. The lowest BCUT2D eigenvalue weighted by atomic mass is 9.97. The van der Waals surface area contributed by atoms with Gasteiger partial charge >= 0.3 is 0 Å². The topological polar surface area (TPSA) is 96.6 Å². The molecule has 0 aromatic carbocycles. The van der Waals surface area contributed by atoms with Gasteiger partial charge in [-0.25, -0.2) is 8.42 Å². The van der Waals surface area contributed by atoms with E-state index in [-0.39, 0.29) is 17.7 Å². The van der Waals surface area contributed by atoms with E-state index >= 15 is 0 Å². The average Bonchev–Trinajstić information content (AvgIpc) is 3.47. The molecule has 2 saturated heterocycles. The molecule has 0 saturated carbocycles. The van der Waals surface area contributed by atoms with Crippen LogP contribution in [0.15, 0.2) is 15.5 Å². The summed E-state index contributed by atoms with van der Waals surface area (Å²) in [7, 11) is -3.62. The Morgan fingerprint density at radius 2 is 1.87 bits per heavy atom. The summed E-state index contributed by atoms with van der Waals surface area (Å²) in [6.07, 6.45) is 3.29. The maximum Gasteiger partial charge on any atom is 0.244 e. The normalized spacial score (nSPS) is 19.1. The van der Waals surface area contributed by atoms with E-state index in [1.54, 1.807) is 13.0 Å². The second-order valence-electron chi connectivity index (χ2n) is 8.35. The van der Waals surface area contributed by atoms with Crippen LogP contribution >= 0.6 is 11.3 Å². The van der Waals surface area contributed by atoms with Crippen molar-refractivity contribution in [3.05, 3.63) is 16.8 Å². The van der Waals surface area contributed by atoms with Gasteiger partial charge in [0.2, 0.25) is 27.6 Å². The zero-order valence-corrected chi connectivity index (χ0v) is 19.3. The van der Waals surface area contributed by atoms with Crippen molar-refractivity contribution in [1.82, 2.24) is 19.3 Å². The van der Waals surface area contributed by atoms with Crippen LogP contribution in [0.2, 0.25) is 0 Å². The van der Waals surface area contributed by atoms with Crippen LogP contribution in [0.1, 0.15) is 56.2 Å². The van der Waals surface area contributed by atoms with Gasteiger partial charge in [-0.15, -0.1) is 11.3 Å². The standard InChI is InChI=1S/C20H28N4O4S2/c1-13(2)19-21-18(22-28-19)16-12-17(14(3)29-16)30(26,27)24-10-6-15(7-11-24)20(25)23-8-4-5-9-23/h12-13,15H,4-11H2,1-3H3. The molecule has 10 heteroatoms. The Kier molecular flexibility index (Phi) is 6.00. The second-order valence-corrected chi connectivity index (χ2v) is 11.5. The van der Waals surface area contributed by atoms with Crippen LogP contribution < -0.4 is 0 Å². The third-order valence-corrected chi connectivity index (χ3v) is 9.07. The van der Waals surface area contributed by atoms with E-state index in [4.69, 9.17) is 4.52 Å². The number of hydrogen-bond donors (Lipinski definition) is 0. The van der Waals surface area contributed by atoms with Crippen LogP contribution in [-0.4, -0.2) is 59.8 Å². The highest BCUT2D eigenvalue weighted by Crippen LogP contribution is 2.35. The molecule has 2 aliphatic heterocycles. The Morgan fingerprint density at radius 3 is 2.47 bits per heavy atom. The van der Waals surface area contributed by atoms with Crippen molar-refractivity contribution in [3.63, 3.8) is 0 Å². The molecule has 164 valence electrons. The van der Waals surface area contributed by atoms with Crippen molar-refractivity contribution >= 4 is 27.3 Å². The summed E-state index contributed by atoms with van der Waals surface area (Å²) in [5.74, 6) is 1.19. The highest BCUT2D eigenvalue weighted by atomic mass is 32.2. The molecule has 4 heterocycles. The summed E-state index contributed by atoms with van der Waals surface area (Å²) in [5.41, 5.74) is 0. The summed E-state index contributed by atoms with van der Waals surface area (Å²) in [6.45, 7) is 8.14. The summed E-state index contributed by atoms with van der Waals surface area (Å²) >= 11 is 1.35. The number of aromatic nitrogens is 2. The molecule has 0 unspecified atom stereocenters. The number of carbonyl (C=O) groups excluding carboxylic acids is 1. The Hall–Kier alpha value is -1.78. The van der Waals surface area contributed by atoms with E-state index in [2.05, 4.69) is 10.1 Å². The number of amides is 1. The molecule has 0 spiro atoms. The van der Waals surface area contributed by atoms with Crippen molar-refractivity contribution in [2.45, 2.75) is 57.3 Å². The Bertz CT molecular complexity index is 1010. The first-order chi connectivity index (χ1) is 14.3. The Morgan fingerprint density at radius 1 is 1.20 bits per heavy atom. The molecule has 2 aliphatic rings. The number of hydrogen-bond acceptors (Lipinski definition) is 7. The molecule has 0 bridgehead atoms. The second kappa shape index (κ2) is 8.39. The van der Waals surface area contributed by atoms with Crippen LogP contribution in [0, 0.1) is 12.8 Å². The lowest BCUT2D eigenvalue weighted by Crippen LogP contribution is -2.43. The number of sulfonamides is 1. The maximum absolute atomic E-state index is 13.3. The van der Waals surface area contributed by atoms with Gasteiger partial charge in [0.1, 0.15) is 0 Å². The van der Waals surface area contributed by atoms with E-state index in [0.717, 1.165) is 25.9 Å². The van der Waals surface area contributed by atoms with Crippen LogP contribution in [0.5, 0.6) is 0 Å². The molecule has 8 nitrogen and oxygen atoms in total. The molecule has 1 amide bonds. The monoisotopic (exact) mass is 452 g/mol. The lowest BCUT2D eigenvalue weighted by Gasteiger charge is -2.32. The van der Waals surface area contributed by atoms with E-state index in [9.17, 15) is 13.2 Å². The zero-order chi connectivity index (χ0) is 21.5. The molecule has 0 N–H and O–H groups in total. The zero-order valence-electron chi connectivity index (χ0n) is 17.6. The Balaban J connectivity index is 1.47. The quantitative estimate of drug-likeness (QED) is 0.691. The number of aryl methyl sites for hydroxylation is 1. The van der Waals surface area contributed by atoms with Gasteiger partial charge in [0.25, 0.3) is 0 Å². The van der Waals surface area contributed by atoms with Gasteiger partial charge < -0.3 is 9.42 Å². The first-order valence-corrected chi connectivity index (χ1v) is 12.8. The lowest BCUT2D eigenvalue weighted by molar-refractivity contribution is -0.135. The first kappa shape index (κ1) is 21.5. The SMILES string of the molecule is Cc1sc(-c2noc(C(C)C)n2)cc1S(=O)(=O)N1CCC(C(=O)N2CCCC2)CC1. The van der Waals surface area contributed by atoms with E-state index in [0.29, 0.717) is 52.3 Å². The number of nitrogens with zero attached hydrogens (tertiary/aromatic N) is 4. The van der Waals surface area contributed by atoms with Gasteiger partial charge in [0, 0.05) is 42.9 Å². The number of thiophene rings is 1. The van der Waals surface area contributed by atoms with Gasteiger partial charge in [0.15, 0.2) is 0 Å². The molecule has 2 fully saturated rings. The number of likely N-dealkylation sites (tertiary alicyclic amines) is 1. The summed E-state index contributed by atoms with van der Waals surface area (Å²) < 4.78 is 33.3. The smallest absolute Gasteiger partial charge is 0.244 e. The summed E-state index contributed by atoms with van der Waals surface area (Å²) in [5, 5.41) is 4.00. The molecule has 2 aromatic rings. The van der Waals surface area contributed by atoms with Gasteiger partial charge in [-0.3, -0.25) is 4.79 Å². The fraction of sp³-hybridized carbons (Fsp3) is 0.650. The summed E-state index contributed by atoms with van der Waals surface area (Å²) in [4.78, 5) is 20.6. The minimum Gasteiger partial charge on any atom is -0.342 e. The van der Waals surface area contributed by atoms with E-state index in [1.807, 2.05) is 18.7 Å². The minimum atomic E-state index is -3.62. The van der Waals surface area contributed by atoms with Gasteiger partial charge in [-0.05, 0) is 38.7 Å². The van der Waals surface area contributed by atoms with Gasteiger partial charge in [-0.2, -0.15) is 9.29 Å². The number of piperidine rings is 1. The van der Waals surface area contributed by atoms with E-state index in [1.165, 1.54) is 15.6 Å². The summed E-state index contributed by atoms with van der Waals surface area (Å²) in [6, 6.07) is 1.64. The van der Waals surface area contributed by atoms with Crippen molar-refractivity contribution in [2.24, 2.45) is 5.92 Å². The van der Waals surface area contributed by atoms with Crippen molar-refractivity contribution < 1.29 is 17.7 Å². The largest absolute Gasteiger partial charge is 0.342 e. The fourth-order valence-electron chi connectivity index (χ4n) is 4.08. The molecule has 0 radical (unpaired) electrons. The molecule has 4 rings (SSSR count). The van der Waals surface area contributed by atoms with Crippen LogP contribution in [0.4, 0.5) is 0 Å². The molecule has 0 atom stereocenters. The fourth-order valence-corrected chi connectivity index (χ4v) is 7.04. The molecular formula is C20H28N4O4S2. The van der Waals surface area contributed by atoms with Crippen LogP contribution in [0.25, 0.3) is 10.7 Å². The van der Waals surface area contributed by atoms with E-state index < -0.39 is 10.0 Å². The molecule has 0 aliphatic carbocycles. The molecule has 2 aromatic heterocycles. The van der Waals surface area contributed by atoms with Crippen LogP contribution in [0.3, 0.4) is 0 Å². The molecule has 30 heavy (non-hydrogen) atoms. The van der Waals surface area contributed by atoms with Crippen molar-refractivity contribution in [1.29, 1.82) is 0 Å². The number of rotatable bonds is 5. The average molecular weight is 453 g/mol. The maximum atomic E-state index is 13.3. The van der Waals surface area contributed by atoms with Crippen LogP contribution in [-0.2, 0) is 14.8 Å². The predicted octanol–water partition coefficient (Wildman–Crippen LogP) is 3.25. The minimum absolute atomic E-state index is 0.0672. The van der Waals surface area contributed by atoms with Crippen molar-refractivity contribution in [3.8, 4) is 10.7 Å². The Labute approximate surface area is 181 Å². The third-order valence-electron chi connectivity index (χ3n) is 5.87.